The second kappa shape index (κ2) is 4.76. The van der Waals surface area contributed by atoms with Crippen molar-refractivity contribution in [2.24, 2.45) is 5.92 Å². The van der Waals surface area contributed by atoms with Crippen molar-refractivity contribution in [3.05, 3.63) is 0 Å². The Hall–Kier alpha value is -0.290. The molecule has 0 bridgehead atoms. The summed E-state index contributed by atoms with van der Waals surface area (Å²) in [5, 5.41) is 3.52. The van der Waals surface area contributed by atoms with Gasteiger partial charge in [-0.15, -0.1) is 0 Å². The molecule has 1 unspecified atom stereocenters. The second-order valence-electron chi connectivity index (χ2n) is 5.61. The molecule has 5 heteroatoms. The van der Waals surface area contributed by atoms with Crippen LogP contribution in [-0.4, -0.2) is 42.8 Å². The Morgan fingerprint density at radius 3 is 2.65 bits per heavy atom. The van der Waals surface area contributed by atoms with Gasteiger partial charge in [0, 0.05) is 18.6 Å². The van der Waals surface area contributed by atoms with Gasteiger partial charge in [0.1, 0.15) is 0 Å². The van der Waals surface area contributed by atoms with Gasteiger partial charge in [0.2, 0.25) is 0 Å². The lowest BCUT2D eigenvalue weighted by atomic mass is 9.95. The van der Waals surface area contributed by atoms with E-state index in [0.29, 0.717) is 5.92 Å². The predicted molar refractivity (Wildman–Crippen MR) is 60.9 cm³/mol. The smallest absolute Gasteiger partial charge is 0.310 e. The fraction of sp³-hybridized carbons (Fsp3) is 1.00. The van der Waals surface area contributed by atoms with E-state index in [1.54, 1.807) is 0 Å². The summed E-state index contributed by atoms with van der Waals surface area (Å²) in [7, 11) is 0. The number of nitrogens with zero attached hydrogens (tertiary/aromatic N) is 1. The Morgan fingerprint density at radius 1 is 1.35 bits per heavy atom. The van der Waals surface area contributed by atoms with Gasteiger partial charge in [-0.1, -0.05) is 0 Å². The van der Waals surface area contributed by atoms with E-state index < -0.39 is 12.6 Å². The molecule has 2 rings (SSSR count). The lowest BCUT2D eigenvalue weighted by molar-refractivity contribution is -0.138. The Morgan fingerprint density at radius 2 is 2.06 bits per heavy atom. The fourth-order valence-corrected chi connectivity index (χ4v) is 2.75. The van der Waals surface area contributed by atoms with Gasteiger partial charge in [-0.2, -0.15) is 13.2 Å². The molecular weight excluding hydrogens is 229 g/mol. The van der Waals surface area contributed by atoms with Crippen LogP contribution in [0.1, 0.15) is 32.6 Å². The molecule has 1 heterocycles. The van der Waals surface area contributed by atoms with Gasteiger partial charge in [0.25, 0.3) is 0 Å². The van der Waals surface area contributed by atoms with E-state index in [0.717, 1.165) is 26.1 Å². The van der Waals surface area contributed by atoms with Crippen molar-refractivity contribution in [2.45, 2.75) is 44.3 Å². The zero-order chi connectivity index (χ0) is 12.5. The topological polar surface area (TPSA) is 15.3 Å². The molecule has 0 radical (unpaired) electrons. The molecule has 0 amide bonds. The lowest BCUT2D eigenvalue weighted by Crippen LogP contribution is -2.51. The quantitative estimate of drug-likeness (QED) is 0.827. The molecule has 0 aromatic carbocycles. The molecule has 1 aliphatic heterocycles. The first kappa shape index (κ1) is 13.1. The highest BCUT2D eigenvalue weighted by Crippen LogP contribution is 2.40. The molecule has 1 saturated heterocycles. The summed E-state index contributed by atoms with van der Waals surface area (Å²) in [5.74, 6) is 0.661. The van der Waals surface area contributed by atoms with Crippen LogP contribution in [0.15, 0.2) is 0 Å². The summed E-state index contributed by atoms with van der Waals surface area (Å²) in [5.41, 5.74) is 0.0299. The van der Waals surface area contributed by atoms with Crippen LogP contribution in [-0.2, 0) is 0 Å². The normalized spacial score (nSPS) is 32.5. The molecule has 2 fully saturated rings. The van der Waals surface area contributed by atoms with Crippen molar-refractivity contribution in [1.29, 1.82) is 0 Å². The zero-order valence-corrected chi connectivity index (χ0v) is 10.3. The van der Waals surface area contributed by atoms with Crippen LogP contribution in [0.4, 0.5) is 13.2 Å². The van der Waals surface area contributed by atoms with Gasteiger partial charge >= 0.3 is 6.18 Å². The molecular formula is C12H21F3N2. The maximum absolute atomic E-state index is 12.2. The van der Waals surface area contributed by atoms with Gasteiger partial charge in [-0.25, -0.2) is 0 Å². The molecule has 1 saturated carbocycles. The summed E-state index contributed by atoms with van der Waals surface area (Å²) in [6.07, 6.45) is -1.34. The number of hydrogen-bond acceptors (Lipinski definition) is 2. The summed E-state index contributed by atoms with van der Waals surface area (Å²) in [4.78, 5) is 1.98. The van der Waals surface area contributed by atoms with E-state index in [1.165, 1.54) is 12.8 Å². The maximum atomic E-state index is 12.2. The number of nitrogens with one attached hydrogen (secondary N) is 1. The van der Waals surface area contributed by atoms with Crippen LogP contribution in [0.3, 0.4) is 0 Å². The predicted octanol–water partition coefficient (Wildman–Crippen LogP) is 2.40. The lowest BCUT2D eigenvalue weighted by Gasteiger charge is -2.34. The largest absolute Gasteiger partial charge is 0.390 e. The van der Waals surface area contributed by atoms with Crippen molar-refractivity contribution < 1.29 is 13.2 Å². The minimum atomic E-state index is -4.03. The zero-order valence-electron chi connectivity index (χ0n) is 10.3. The third-order valence-corrected chi connectivity index (χ3v) is 3.92. The first-order valence-electron chi connectivity index (χ1n) is 6.43. The minimum absolute atomic E-state index is 0.0299. The monoisotopic (exact) mass is 250 g/mol. The summed E-state index contributed by atoms with van der Waals surface area (Å²) in [6, 6.07) is 0. The van der Waals surface area contributed by atoms with Crippen LogP contribution in [0.25, 0.3) is 0 Å². The fourth-order valence-electron chi connectivity index (χ4n) is 2.75. The Kier molecular flexibility index (Phi) is 3.69. The molecule has 1 aliphatic carbocycles. The van der Waals surface area contributed by atoms with E-state index in [-0.39, 0.29) is 12.1 Å². The van der Waals surface area contributed by atoms with Crippen molar-refractivity contribution in [1.82, 2.24) is 10.2 Å². The van der Waals surface area contributed by atoms with Crippen LogP contribution < -0.4 is 5.32 Å². The van der Waals surface area contributed by atoms with Crippen LogP contribution in [0, 0.1) is 5.92 Å². The summed E-state index contributed by atoms with van der Waals surface area (Å²) in [6.45, 7) is 4.78. The Labute approximate surface area is 101 Å². The van der Waals surface area contributed by atoms with Gasteiger partial charge in [0.15, 0.2) is 0 Å². The highest BCUT2D eigenvalue weighted by Gasteiger charge is 2.43. The third kappa shape index (κ3) is 3.85. The molecule has 2 nitrogen and oxygen atoms in total. The van der Waals surface area contributed by atoms with E-state index in [4.69, 9.17) is 0 Å². The molecule has 100 valence electrons. The molecule has 1 atom stereocenters. The maximum Gasteiger partial charge on any atom is 0.390 e. The summed E-state index contributed by atoms with van der Waals surface area (Å²) >= 11 is 0. The van der Waals surface area contributed by atoms with E-state index in [1.807, 2.05) is 4.90 Å². The van der Waals surface area contributed by atoms with Gasteiger partial charge in [-0.3, -0.25) is 0 Å². The van der Waals surface area contributed by atoms with Crippen LogP contribution >= 0.6 is 0 Å². The van der Waals surface area contributed by atoms with Crippen LogP contribution in [0.5, 0.6) is 0 Å². The number of alkyl halides is 3. The first-order chi connectivity index (χ1) is 7.89. The van der Waals surface area contributed by atoms with Crippen molar-refractivity contribution >= 4 is 0 Å². The Balaban J connectivity index is 1.88. The van der Waals surface area contributed by atoms with Crippen molar-refractivity contribution in [2.75, 3.05) is 26.2 Å². The molecule has 1 N–H and O–H groups in total. The highest BCUT2D eigenvalue weighted by atomic mass is 19.4. The summed E-state index contributed by atoms with van der Waals surface area (Å²) < 4.78 is 36.7. The highest BCUT2D eigenvalue weighted by molar-refractivity contribution is 5.00. The molecule has 17 heavy (non-hydrogen) atoms. The number of hydrogen-bond donors (Lipinski definition) is 1. The van der Waals surface area contributed by atoms with Crippen molar-refractivity contribution in [3.63, 3.8) is 0 Å². The molecule has 0 aromatic heterocycles. The van der Waals surface area contributed by atoms with Crippen molar-refractivity contribution in [3.8, 4) is 0 Å². The van der Waals surface area contributed by atoms with Gasteiger partial charge in [-0.05, 0) is 45.2 Å². The van der Waals surface area contributed by atoms with E-state index >= 15 is 0 Å². The SMILES string of the molecule is CC1(C2CC2)CN(CCC(F)(F)F)CCCN1. The van der Waals surface area contributed by atoms with Crippen LogP contribution in [0.2, 0.25) is 0 Å². The average Bonchev–Trinajstić information content (AvgIpc) is 3.00. The first-order valence-corrected chi connectivity index (χ1v) is 6.43. The third-order valence-electron chi connectivity index (χ3n) is 3.92. The average molecular weight is 250 g/mol. The van der Waals surface area contributed by atoms with Gasteiger partial charge < -0.3 is 10.2 Å². The molecule has 0 spiro atoms. The molecule has 2 aliphatic rings. The van der Waals surface area contributed by atoms with E-state index in [2.05, 4.69) is 12.2 Å². The minimum Gasteiger partial charge on any atom is -0.310 e. The number of rotatable bonds is 3. The van der Waals surface area contributed by atoms with E-state index in [9.17, 15) is 13.2 Å². The Bertz CT molecular complexity index is 263. The van der Waals surface area contributed by atoms with Gasteiger partial charge in [0.05, 0.1) is 6.42 Å². The second-order valence-corrected chi connectivity index (χ2v) is 5.61. The molecule has 0 aromatic rings. The number of halogens is 3. The standard InChI is InChI=1S/C12H21F3N2/c1-11(10-3-4-10)9-17(7-2-6-16-11)8-5-12(13,14)15/h10,16H,2-9H2,1H3.